The average molecular weight is 541 g/mol. The van der Waals surface area contributed by atoms with E-state index in [9.17, 15) is 14.3 Å². The van der Waals surface area contributed by atoms with Crippen LogP contribution in [0.15, 0.2) is 54.9 Å². The lowest BCUT2D eigenvalue weighted by Crippen LogP contribution is -2.51. The van der Waals surface area contributed by atoms with Crippen LogP contribution in [0.1, 0.15) is 24.7 Å². The minimum Gasteiger partial charge on any atom is -0.493 e. The molecule has 0 bridgehead atoms. The van der Waals surface area contributed by atoms with Gasteiger partial charge in [0.1, 0.15) is 29.6 Å². The summed E-state index contributed by atoms with van der Waals surface area (Å²) in [5.41, 5.74) is -0.317. The Labute approximate surface area is 228 Å². The maximum atomic E-state index is 13.3. The summed E-state index contributed by atoms with van der Waals surface area (Å²) in [7, 11) is 1.61. The Kier molecular flexibility index (Phi) is 9.42. The normalized spacial score (nSPS) is 18.0. The maximum Gasteiger partial charge on any atom is 0.219 e. The van der Waals surface area contributed by atoms with Crippen molar-refractivity contribution in [3.8, 4) is 17.2 Å². The molecule has 1 saturated heterocycles. The molecule has 3 aromatic rings. The van der Waals surface area contributed by atoms with Crippen LogP contribution in [0.2, 0.25) is 0 Å². The number of ether oxygens (including phenoxy) is 3. The van der Waals surface area contributed by atoms with Gasteiger partial charge in [0.25, 0.3) is 0 Å². The second kappa shape index (κ2) is 12.9. The van der Waals surface area contributed by atoms with Gasteiger partial charge in [-0.25, -0.2) is 9.37 Å². The van der Waals surface area contributed by atoms with Crippen LogP contribution in [0, 0.1) is 12.7 Å². The smallest absolute Gasteiger partial charge is 0.219 e. The topological polar surface area (TPSA) is 89.3 Å². The number of hydrogen-bond acceptors (Lipinski definition) is 7. The van der Waals surface area contributed by atoms with E-state index in [0.717, 1.165) is 24.4 Å². The van der Waals surface area contributed by atoms with Crippen LogP contribution in [0.4, 0.5) is 4.39 Å². The minimum absolute atomic E-state index is 0.0354. The number of nitrogens with zero attached hydrogens (tertiary/aromatic N) is 4. The van der Waals surface area contributed by atoms with Crippen molar-refractivity contribution in [2.24, 2.45) is 0 Å². The predicted molar refractivity (Wildman–Crippen MR) is 144 cm³/mol. The molecule has 9 nitrogen and oxygen atoms in total. The lowest BCUT2D eigenvalue weighted by atomic mass is 10.0. The summed E-state index contributed by atoms with van der Waals surface area (Å²) < 4.78 is 32.7. The van der Waals surface area contributed by atoms with E-state index >= 15 is 0 Å². The van der Waals surface area contributed by atoms with E-state index in [1.807, 2.05) is 31.3 Å². The number of carbonyl (C=O) groups is 1. The molecule has 0 saturated carbocycles. The standard InChI is InChI=1S/C29H37FN4O5/c1-22-31-11-13-33(22)12-4-16-38-28-17-24(5-10-27(28)37-3)18-32-14-15-34(23(2)35)20-29(36,19-32)21-39-26-8-6-25(30)7-9-26/h5-11,13,17,36H,4,12,14-16,18-21H2,1-3H3/t29-/m1/s1. The van der Waals surface area contributed by atoms with Crippen molar-refractivity contribution in [1.82, 2.24) is 19.4 Å². The average Bonchev–Trinajstić information content (AvgIpc) is 3.24. The van der Waals surface area contributed by atoms with E-state index in [2.05, 4.69) is 14.5 Å². The summed E-state index contributed by atoms with van der Waals surface area (Å²) in [6.45, 7) is 6.83. The number of carbonyl (C=O) groups excluding carboxylic acids is 1. The molecular weight excluding hydrogens is 503 g/mol. The number of hydrogen-bond donors (Lipinski definition) is 1. The van der Waals surface area contributed by atoms with Crippen LogP contribution in [-0.4, -0.2) is 82.5 Å². The van der Waals surface area contributed by atoms with E-state index in [-0.39, 0.29) is 24.9 Å². The molecule has 10 heteroatoms. The Morgan fingerprint density at radius 2 is 1.90 bits per heavy atom. The highest BCUT2D eigenvalue weighted by molar-refractivity contribution is 5.73. The van der Waals surface area contributed by atoms with E-state index in [1.165, 1.54) is 31.2 Å². The number of aryl methyl sites for hydroxylation is 2. The van der Waals surface area contributed by atoms with Crippen LogP contribution in [0.25, 0.3) is 0 Å². The van der Waals surface area contributed by atoms with Crippen molar-refractivity contribution in [2.45, 2.75) is 39.0 Å². The van der Waals surface area contributed by atoms with Crippen molar-refractivity contribution in [3.05, 3.63) is 72.1 Å². The molecule has 1 amide bonds. The number of imidazole rings is 1. The van der Waals surface area contributed by atoms with Crippen molar-refractivity contribution in [3.63, 3.8) is 0 Å². The number of amides is 1. The Bertz CT molecular complexity index is 1230. The summed E-state index contributed by atoms with van der Waals surface area (Å²) >= 11 is 0. The van der Waals surface area contributed by atoms with Gasteiger partial charge in [-0.2, -0.15) is 0 Å². The van der Waals surface area contributed by atoms with Gasteiger partial charge in [-0.15, -0.1) is 0 Å². The van der Waals surface area contributed by atoms with Crippen molar-refractivity contribution in [2.75, 3.05) is 46.5 Å². The monoisotopic (exact) mass is 540 g/mol. The second-order valence-electron chi connectivity index (χ2n) is 9.97. The fourth-order valence-corrected chi connectivity index (χ4v) is 4.73. The van der Waals surface area contributed by atoms with Gasteiger partial charge < -0.3 is 28.8 Å². The molecule has 2 heterocycles. The Morgan fingerprint density at radius 1 is 1.10 bits per heavy atom. The number of aromatic nitrogens is 2. The fraction of sp³-hybridized carbons (Fsp3) is 0.448. The second-order valence-corrected chi connectivity index (χ2v) is 9.97. The molecule has 39 heavy (non-hydrogen) atoms. The molecule has 1 aliphatic heterocycles. The first-order valence-corrected chi connectivity index (χ1v) is 13.1. The number of methoxy groups -OCH3 is 1. The van der Waals surface area contributed by atoms with Crippen LogP contribution < -0.4 is 14.2 Å². The number of aliphatic hydroxyl groups is 1. The molecule has 1 fully saturated rings. The maximum absolute atomic E-state index is 13.3. The molecular formula is C29H37FN4O5. The molecule has 0 aliphatic carbocycles. The van der Waals surface area contributed by atoms with Gasteiger partial charge in [-0.05, 0) is 55.3 Å². The highest BCUT2D eigenvalue weighted by atomic mass is 19.1. The highest BCUT2D eigenvalue weighted by Gasteiger charge is 2.37. The largest absolute Gasteiger partial charge is 0.493 e. The van der Waals surface area contributed by atoms with E-state index in [0.29, 0.717) is 50.0 Å². The Balaban J connectivity index is 1.41. The van der Waals surface area contributed by atoms with Gasteiger partial charge in [-0.3, -0.25) is 9.69 Å². The number of rotatable bonds is 11. The first-order valence-electron chi connectivity index (χ1n) is 13.1. The Morgan fingerprint density at radius 3 is 2.59 bits per heavy atom. The number of β-amino-alcohol motifs (C(OH)–C–C–N with tert-alkyl or cyclic N) is 1. The lowest BCUT2D eigenvalue weighted by molar-refractivity contribution is -0.132. The third kappa shape index (κ3) is 7.93. The van der Waals surface area contributed by atoms with Crippen LogP contribution in [0.5, 0.6) is 17.2 Å². The summed E-state index contributed by atoms with van der Waals surface area (Å²) in [6, 6.07) is 11.5. The van der Waals surface area contributed by atoms with Gasteiger partial charge in [0.2, 0.25) is 5.91 Å². The van der Waals surface area contributed by atoms with Gasteiger partial charge >= 0.3 is 0 Å². The molecule has 0 radical (unpaired) electrons. The zero-order valence-corrected chi connectivity index (χ0v) is 22.8. The predicted octanol–water partition coefficient (Wildman–Crippen LogP) is 3.28. The molecule has 0 unspecified atom stereocenters. The highest BCUT2D eigenvalue weighted by Crippen LogP contribution is 2.29. The first-order chi connectivity index (χ1) is 18.7. The van der Waals surface area contributed by atoms with E-state index < -0.39 is 5.60 Å². The third-order valence-electron chi connectivity index (χ3n) is 6.81. The van der Waals surface area contributed by atoms with Crippen LogP contribution in [0.3, 0.4) is 0 Å². The minimum atomic E-state index is -1.31. The summed E-state index contributed by atoms with van der Waals surface area (Å²) in [6.07, 6.45) is 4.56. The van der Waals surface area contributed by atoms with Gasteiger partial charge in [-0.1, -0.05) is 6.07 Å². The van der Waals surface area contributed by atoms with Crippen molar-refractivity contribution >= 4 is 5.91 Å². The van der Waals surface area contributed by atoms with Crippen molar-refractivity contribution < 1.29 is 28.5 Å². The quantitative estimate of drug-likeness (QED) is 0.374. The zero-order chi connectivity index (χ0) is 27.8. The Hall–Kier alpha value is -3.63. The van der Waals surface area contributed by atoms with Crippen molar-refractivity contribution in [1.29, 1.82) is 0 Å². The van der Waals surface area contributed by atoms with Gasteiger partial charge in [0.15, 0.2) is 11.5 Å². The molecule has 1 aliphatic rings. The number of benzene rings is 2. The molecule has 4 rings (SSSR count). The summed E-state index contributed by atoms with van der Waals surface area (Å²) in [5.74, 6) is 2.27. The molecule has 1 aromatic heterocycles. The molecule has 210 valence electrons. The fourth-order valence-electron chi connectivity index (χ4n) is 4.73. The molecule has 0 spiro atoms. The van der Waals surface area contributed by atoms with E-state index in [4.69, 9.17) is 14.2 Å². The van der Waals surface area contributed by atoms with Gasteiger partial charge in [0, 0.05) is 52.0 Å². The molecule has 2 aromatic carbocycles. The first kappa shape index (κ1) is 28.4. The molecule has 1 atom stereocenters. The van der Waals surface area contributed by atoms with Gasteiger partial charge in [0.05, 0.1) is 20.3 Å². The van der Waals surface area contributed by atoms with E-state index in [1.54, 1.807) is 18.2 Å². The summed E-state index contributed by atoms with van der Waals surface area (Å²) in [5, 5.41) is 11.5. The summed E-state index contributed by atoms with van der Waals surface area (Å²) in [4.78, 5) is 20.2. The third-order valence-corrected chi connectivity index (χ3v) is 6.81. The SMILES string of the molecule is COc1ccc(CN2CCN(C(C)=O)C[C@@](O)(COc3ccc(F)cc3)C2)cc1OCCCn1ccnc1C. The number of halogens is 1. The lowest BCUT2D eigenvalue weighted by Gasteiger charge is -2.32. The van der Waals surface area contributed by atoms with Crippen LogP contribution in [-0.2, 0) is 17.9 Å². The molecule has 1 N–H and O–H groups in total. The van der Waals surface area contributed by atoms with Crippen LogP contribution >= 0.6 is 0 Å². The zero-order valence-electron chi connectivity index (χ0n) is 22.8.